The van der Waals surface area contributed by atoms with Crippen molar-refractivity contribution in [2.45, 2.75) is 6.42 Å². The van der Waals surface area contributed by atoms with Crippen molar-refractivity contribution in [3.63, 3.8) is 0 Å². The van der Waals surface area contributed by atoms with Crippen LogP contribution in [0.15, 0.2) is 36.7 Å². The second-order valence-corrected chi connectivity index (χ2v) is 3.00. The van der Waals surface area contributed by atoms with Crippen LogP contribution in [0.4, 0.5) is 4.39 Å². The molecule has 0 unspecified atom stereocenters. The number of rotatable bonds is 2. The molecule has 1 aromatic carbocycles. The molecule has 1 heterocycles. The summed E-state index contributed by atoms with van der Waals surface area (Å²) in [5, 5.41) is 2.23. The molecule has 2 rings (SSSR count). The maximum atomic E-state index is 12.1. The Labute approximate surface area is 76.2 Å². The second kappa shape index (κ2) is 3.52. The minimum Gasteiger partial charge on any atom is -0.264 e. The molecule has 0 bridgehead atoms. The summed E-state index contributed by atoms with van der Waals surface area (Å²) >= 11 is 0. The predicted molar refractivity (Wildman–Crippen MR) is 51.4 cm³/mol. The molecule has 0 N–H and O–H groups in total. The Kier molecular flexibility index (Phi) is 2.21. The number of nitrogens with zero attached hydrogens (tertiary/aromatic N) is 1. The van der Waals surface area contributed by atoms with E-state index in [1.807, 2.05) is 30.5 Å². The fourth-order valence-electron chi connectivity index (χ4n) is 1.40. The van der Waals surface area contributed by atoms with E-state index in [4.69, 9.17) is 0 Å². The van der Waals surface area contributed by atoms with Crippen LogP contribution in [0.1, 0.15) is 5.56 Å². The molecule has 0 aliphatic carbocycles. The third-order valence-electron chi connectivity index (χ3n) is 2.09. The number of halogens is 1. The van der Waals surface area contributed by atoms with E-state index in [0.717, 1.165) is 16.3 Å². The van der Waals surface area contributed by atoms with Gasteiger partial charge in [0.25, 0.3) is 0 Å². The first-order chi connectivity index (χ1) is 6.40. The Morgan fingerprint density at radius 3 is 2.92 bits per heavy atom. The normalized spacial score (nSPS) is 10.5. The van der Waals surface area contributed by atoms with Crippen LogP contribution in [0.25, 0.3) is 10.8 Å². The number of aryl methyl sites for hydroxylation is 1. The molecular weight excluding hydrogens is 165 g/mol. The molecule has 2 aromatic rings. The number of hydrogen-bond donors (Lipinski definition) is 0. The summed E-state index contributed by atoms with van der Waals surface area (Å²) in [5.41, 5.74) is 1.04. The van der Waals surface area contributed by atoms with Crippen molar-refractivity contribution in [1.29, 1.82) is 0 Å². The van der Waals surface area contributed by atoms with E-state index in [0.29, 0.717) is 6.42 Å². The molecule has 0 saturated carbocycles. The van der Waals surface area contributed by atoms with Crippen LogP contribution < -0.4 is 0 Å². The molecule has 0 saturated heterocycles. The molecule has 0 aliphatic rings. The molecule has 0 amide bonds. The third kappa shape index (κ3) is 1.66. The lowest BCUT2D eigenvalue weighted by atomic mass is 10.1. The highest BCUT2D eigenvalue weighted by atomic mass is 19.1. The van der Waals surface area contributed by atoms with E-state index < -0.39 is 0 Å². The van der Waals surface area contributed by atoms with Crippen molar-refractivity contribution in [3.8, 4) is 0 Å². The largest absolute Gasteiger partial charge is 0.264 e. The van der Waals surface area contributed by atoms with Crippen molar-refractivity contribution in [3.05, 3.63) is 42.2 Å². The average molecular weight is 175 g/mol. The zero-order valence-electron chi connectivity index (χ0n) is 7.20. The van der Waals surface area contributed by atoms with Crippen molar-refractivity contribution in [2.24, 2.45) is 0 Å². The lowest BCUT2D eigenvalue weighted by Crippen LogP contribution is -1.86. The molecule has 1 nitrogen and oxygen atoms in total. The topological polar surface area (TPSA) is 12.9 Å². The summed E-state index contributed by atoms with van der Waals surface area (Å²) in [6.07, 6.45) is 4.06. The summed E-state index contributed by atoms with van der Waals surface area (Å²) < 4.78 is 12.1. The number of alkyl halides is 1. The summed E-state index contributed by atoms with van der Waals surface area (Å²) in [4.78, 5) is 4.01. The first-order valence-electron chi connectivity index (χ1n) is 4.29. The summed E-state index contributed by atoms with van der Waals surface area (Å²) in [7, 11) is 0. The highest BCUT2D eigenvalue weighted by molar-refractivity contribution is 5.81. The molecule has 0 radical (unpaired) electrons. The van der Waals surface area contributed by atoms with Crippen molar-refractivity contribution in [1.82, 2.24) is 4.98 Å². The van der Waals surface area contributed by atoms with Gasteiger partial charge in [0.1, 0.15) is 0 Å². The van der Waals surface area contributed by atoms with Gasteiger partial charge in [-0.25, -0.2) is 0 Å². The fourth-order valence-corrected chi connectivity index (χ4v) is 1.40. The molecule has 66 valence electrons. The maximum Gasteiger partial charge on any atom is 0.0934 e. The molecule has 2 heteroatoms. The van der Waals surface area contributed by atoms with Crippen LogP contribution >= 0.6 is 0 Å². The second-order valence-electron chi connectivity index (χ2n) is 3.00. The summed E-state index contributed by atoms with van der Waals surface area (Å²) in [6.45, 7) is -0.295. The lowest BCUT2D eigenvalue weighted by molar-refractivity contribution is 0.495. The molecule has 0 aliphatic heterocycles. The first-order valence-corrected chi connectivity index (χ1v) is 4.29. The van der Waals surface area contributed by atoms with Gasteiger partial charge in [0.05, 0.1) is 6.67 Å². The molecular formula is C11H10FN. The standard InChI is InChI=1S/C11H10FN/c12-5-3-9-1-2-11-8-13-6-4-10(11)7-9/h1-2,4,6-8H,3,5H2. The smallest absolute Gasteiger partial charge is 0.0934 e. The SMILES string of the molecule is FCCc1ccc2cnccc2c1. The number of fused-ring (bicyclic) bond motifs is 1. The highest BCUT2D eigenvalue weighted by Gasteiger charge is 1.95. The van der Waals surface area contributed by atoms with Gasteiger partial charge in [0.2, 0.25) is 0 Å². The zero-order valence-corrected chi connectivity index (χ0v) is 7.20. The van der Waals surface area contributed by atoms with E-state index >= 15 is 0 Å². The Morgan fingerprint density at radius 1 is 1.15 bits per heavy atom. The Morgan fingerprint density at radius 2 is 2.08 bits per heavy atom. The number of aromatic nitrogens is 1. The zero-order chi connectivity index (χ0) is 9.10. The Hall–Kier alpha value is -1.44. The quantitative estimate of drug-likeness (QED) is 0.683. The van der Waals surface area contributed by atoms with E-state index in [-0.39, 0.29) is 6.67 Å². The molecule has 0 fully saturated rings. The van der Waals surface area contributed by atoms with Gasteiger partial charge >= 0.3 is 0 Å². The summed E-state index contributed by atoms with van der Waals surface area (Å²) in [5.74, 6) is 0. The van der Waals surface area contributed by atoms with Crippen LogP contribution in [0.5, 0.6) is 0 Å². The van der Waals surface area contributed by atoms with Gasteiger partial charge in [-0.1, -0.05) is 18.2 Å². The van der Waals surface area contributed by atoms with Crippen LogP contribution in [0, 0.1) is 0 Å². The maximum absolute atomic E-state index is 12.1. The molecule has 0 atom stereocenters. The minimum atomic E-state index is -0.295. The van der Waals surface area contributed by atoms with Gasteiger partial charge in [-0.05, 0) is 17.0 Å². The van der Waals surface area contributed by atoms with Gasteiger partial charge in [-0.3, -0.25) is 9.37 Å². The molecule has 0 spiro atoms. The van der Waals surface area contributed by atoms with Crippen LogP contribution in [0.2, 0.25) is 0 Å². The molecule has 1 aromatic heterocycles. The number of hydrogen-bond acceptors (Lipinski definition) is 1. The van der Waals surface area contributed by atoms with Gasteiger partial charge in [-0.15, -0.1) is 0 Å². The fraction of sp³-hybridized carbons (Fsp3) is 0.182. The van der Waals surface area contributed by atoms with Crippen LogP contribution in [-0.2, 0) is 6.42 Å². The van der Waals surface area contributed by atoms with Gasteiger partial charge < -0.3 is 0 Å². The van der Waals surface area contributed by atoms with Gasteiger partial charge in [0, 0.05) is 24.2 Å². The van der Waals surface area contributed by atoms with Crippen molar-refractivity contribution in [2.75, 3.05) is 6.67 Å². The Bertz CT molecular complexity index is 412. The van der Waals surface area contributed by atoms with E-state index in [1.165, 1.54) is 0 Å². The van der Waals surface area contributed by atoms with E-state index in [9.17, 15) is 4.39 Å². The number of benzene rings is 1. The van der Waals surface area contributed by atoms with Crippen molar-refractivity contribution >= 4 is 10.8 Å². The van der Waals surface area contributed by atoms with Gasteiger partial charge in [-0.2, -0.15) is 0 Å². The summed E-state index contributed by atoms with van der Waals surface area (Å²) in [6, 6.07) is 7.88. The molecule has 13 heavy (non-hydrogen) atoms. The van der Waals surface area contributed by atoms with E-state index in [2.05, 4.69) is 4.98 Å². The van der Waals surface area contributed by atoms with Crippen LogP contribution in [0.3, 0.4) is 0 Å². The van der Waals surface area contributed by atoms with Crippen LogP contribution in [-0.4, -0.2) is 11.7 Å². The number of pyridine rings is 1. The average Bonchev–Trinajstić information content (AvgIpc) is 2.18. The Balaban J connectivity index is 2.49. The highest BCUT2D eigenvalue weighted by Crippen LogP contribution is 2.14. The van der Waals surface area contributed by atoms with Gasteiger partial charge in [0.15, 0.2) is 0 Å². The third-order valence-corrected chi connectivity index (χ3v) is 2.09. The first kappa shape index (κ1) is 8.17. The van der Waals surface area contributed by atoms with E-state index in [1.54, 1.807) is 6.20 Å². The minimum absolute atomic E-state index is 0.295. The van der Waals surface area contributed by atoms with Crippen molar-refractivity contribution < 1.29 is 4.39 Å². The lowest BCUT2D eigenvalue weighted by Gasteiger charge is -2.00. The predicted octanol–water partition coefficient (Wildman–Crippen LogP) is 2.75. The monoisotopic (exact) mass is 175 g/mol.